The van der Waals surface area contributed by atoms with Crippen molar-refractivity contribution in [1.82, 2.24) is 0 Å². The molecule has 0 fully saturated rings. The Morgan fingerprint density at radius 1 is 0.500 bits per heavy atom. The maximum atomic E-state index is 12.7. The lowest BCUT2D eigenvalue weighted by Gasteiger charge is -2.14. The summed E-state index contributed by atoms with van der Waals surface area (Å²) in [6.45, 7) is 0. The fourth-order valence-electron chi connectivity index (χ4n) is 3.38. The van der Waals surface area contributed by atoms with E-state index in [0.717, 1.165) is 24.3 Å². The third-order valence-electron chi connectivity index (χ3n) is 5.24. The molecule has 22 heteroatoms. The topological polar surface area (TPSA) is 328 Å². The fourth-order valence-corrected chi connectivity index (χ4v) is 5.96. The zero-order chi connectivity index (χ0) is 32.0. The molecule has 0 atom stereocenters. The average Bonchev–Trinajstić information content (AvgIpc) is 2.83. The molecule has 0 radical (unpaired) electrons. The number of carbonyl (C=O) groups is 2. The number of hydrogen-bond acceptors (Lipinski definition) is 12. The van der Waals surface area contributed by atoms with Gasteiger partial charge < -0.3 is 22.1 Å². The molecule has 3 aromatic carbocycles. The van der Waals surface area contributed by atoms with Crippen LogP contribution in [-0.4, -0.2) is 63.7 Å². The van der Waals surface area contributed by atoms with Gasteiger partial charge in [-0.1, -0.05) is 0 Å². The second kappa shape index (κ2) is 10.9. The van der Waals surface area contributed by atoms with Crippen LogP contribution in [-0.2, 0) is 40.5 Å². The van der Waals surface area contributed by atoms with Crippen molar-refractivity contribution in [3.8, 4) is 0 Å². The molecule has 226 valence electrons. The van der Waals surface area contributed by atoms with Crippen molar-refractivity contribution in [2.75, 3.05) is 22.1 Å². The van der Waals surface area contributed by atoms with Gasteiger partial charge >= 0.3 is 0 Å². The summed E-state index contributed by atoms with van der Waals surface area (Å²) in [7, 11) is -20.1. The molecule has 18 nitrogen and oxygen atoms in total. The Morgan fingerprint density at radius 3 is 1.00 bits per heavy atom. The third kappa shape index (κ3) is 7.18. The van der Waals surface area contributed by atoms with Gasteiger partial charge in [-0.15, -0.1) is 0 Å². The highest BCUT2D eigenvalue weighted by molar-refractivity contribution is 7.87. The van der Waals surface area contributed by atoms with Crippen molar-refractivity contribution in [2.45, 2.75) is 19.6 Å². The molecule has 0 aliphatic heterocycles. The van der Waals surface area contributed by atoms with Gasteiger partial charge in [-0.25, -0.2) is 0 Å². The molecule has 0 heterocycles. The van der Waals surface area contributed by atoms with Crippen LogP contribution in [0, 0.1) is 0 Å². The quantitative estimate of drug-likeness (QED) is 0.119. The van der Waals surface area contributed by atoms with Crippen LogP contribution >= 0.6 is 0 Å². The predicted octanol–water partition coefficient (Wildman–Crippen LogP) is 0.342. The number of anilines is 4. The van der Waals surface area contributed by atoms with E-state index in [1.807, 2.05) is 10.6 Å². The van der Waals surface area contributed by atoms with Crippen LogP contribution < -0.4 is 22.1 Å². The van der Waals surface area contributed by atoms with Gasteiger partial charge in [0.15, 0.2) is 0 Å². The highest BCUT2D eigenvalue weighted by atomic mass is 32.2. The van der Waals surface area contributed by atoms with E-state index < -0.39 is 94.6 Å². The van der Waals surface area contributed by atoms with Gasteiger partial charge in [0.1, 0.15) is 19.6 Å². The Bertz CT molecular complexity index is 1930. The minimum absolute atomic E-state index is 0.280. The van der Waals surface area contributed by atoms with E-state index in [0.29, 0.717) is 24.3 Å². The summed E-state index contributed by atoms with van der Waals surface area (Å²) in [5.74, 6) is -2.22. The zero-order valence-electron chi connectivity index (χ0n) is 20.3. The Balaban J connectivity index is 1.95. The summed E-state index contributed by atoms with van der Waals surface area (Å²) in [6, 6.07) is 5.90. The van der Waals surface area contributed by atoms with Crippen molar-refractivity contribution in [2.24, 2.45) is 0 Å². The molecule has 0 aliphatic rings. The predicted molar refractivity (Wildman–Crippen MR) is 143 cm³/mol. The second-order valence-corrected chi connectivity index (χ2v) is 13.7. The van der Waals surface area contributed by atoms with E-state index in [9.17, 15) is 61.5 Å². The third-order valence-corrected chi connectivity index (χ3v) is 8.85. The highest BCUT2D eigenvalue weighted by Gasteiger charge is 2.26. The van der Waals surface area contributed by atoms with Crippen LogP contribution in [0.3, 0.4) is 0 Å². The van der Waals surface area contributed by atoms with Gasteiger partial charge in [0.25, 0.3) is 52.3 Å². The van der Waals surface area contributed by atoms with E-state index in [1.54, 1.807) is 0 Å². The molecule has 0 bridgehead atoms. The summed E-state index contributed by atoms with van der Waals surface area (Å²) in [5, 5.41) is 4.03. The molecule has 0 saturated heterocycles. The molecule has 0 aromatic heterocycles. The minimum atomic E-state index is -5.07. The number of amides is 2. The van der Waals surface area contributed by atoms with Gasteiger partial charge in [-0.2, -0.15) is 33.7 Å². The van der Waals surface area contributed by atoms with Gasteiger partial charge in [-0.3, -0.25) is 27.8 Å². The lowest BCUT2D eigenvalue weighted by molar-refractivity contribution is 0.101. The van der Waals surface area contributed by atoms with Crippen LogP contribution in [0.5, 0.6) is 0 Å². The maximum Gasteiger partial charge on any atom is 0.296 e. The summed E-state index contributed by atoms with van der Waals surface area (Å²) in [4.78, 5) is 21.4. The first kappa shape index (κ1) is 32.4. The first-order chi connectivity index (χ1) is 19.0. The minimum Gasteiger partial charge on any atom is -0.398 e. The number of nitrogens with one attached hydrogen (secondary N) is 2. The van der Waals surface area contributed by atoms with Crippen LogP contribution in [0.25, 0.3) is 0 Å². The summed E-state index contributed by atoms with van der Waals surface area (Å²) in [5.41, 5.74) is 7.18. The molecule has 0 saturated carbocycles. The molecule has 2 amide bonds. The number of nitrogens with two attached hydrogens (primary N) is 2. The molecular formula is C20H18N4O14S4. The number of carbonyl (C=O) groups excluding carboxylic acids is 2. The zero-order valence-corrected chi connectivity index (χ0v) is 23.5. The highest BCUT2D eigenvalue weighted by Crippen LogP contribution is 2.32. The lowest BCUT2D eigenvalue weighted by atomic mass is 10.1. The summed E-state index contributed by atoms with van der Waals surface area (Å²) >= 11 is 0. The lowest BCUT2D eigenvalue weighted by Crippen LogP contribution is -2.18. The van der Waals surface area contributed by atoms with Gasteiger partial charge in [0.2, 0.25) is 0 Å². The first-order valence-corrected chi connectivity index (χ1v) is 16.3. The number of hydrogen-bond donors (Lipinski definition) is 8. The Morgan fingerprint density at radius 2 is 0.762 bits per heavy atom. The van der Waals surface area contributed by atoms with Gasteiger partial charge in [0.05, 0.1) is 22.7 Å². The van der Waals surface area contributed by atoms with Crippen molar-refractivity contribution in [3.05, 3.63) is 59.7 Å². The van der Waals surface area contributed by atoms with E-state index >= 15 is 0 Å². The second-order valence-electron chi connectivity index (χ2n) is 8.16. The molecule has 0 spiro atoms. The number of benzene rings is 3. The Kier molecular flexibility index (Phi) is 8.41. The van der Waals surface area contributed by atoms with Crippen molar-refractivity contribution in [1.29, 1.82) is 0 Å². The van der Waals surface area contributed by atoms with E-state index in [2.05, 4.69) is 0 Å². The van der Waals surface area contributed by atoms with Crippen molar-refractivity contribution >= 4 is 75.0 Å². The largest absolute Gasteiger partial charge is 0.398 e. The average molecular weight is 667 g/mol. The molecule has 0 aliphatic carbocycles. The van der Waals surface area contributed by atoms with Crippen LogP contribution in [0.15, 0.2) is 68.1 Å². The number of nitrogen functional groups attached to an aromatic ring is 2. The molecular weight excluding hydrogens is 649 g/mol. The maximum absolute atomic E-state index is 12.7. The van der Waals surface area contributed by atoms with Crippen LogP contribution in [0.4, 0.5) is 22.7 Å². The Hall–Kier alpha value is -4.16. The van der Waals surface area contributed by atoms with Crippen LogP contribution in [0.1, 0.15) is 20.7 Å². The van der Waals surface area contributed by atoms with E-state index in [4.69, 9.17) is 11.5 Å². The smallest absolute Gasteiger partial charge is 0.296 e. The monoisotopic (exact) mass is 666 g/mol. The fraction of sp³-hybridized carbons (Fsp3) is 0. The van der Waals surface area contributed by atoms with Crippen molar-refractivity contribution < 1.29 is 61.5 Å². The van der Waals surface area contributed by atoms with Gasteiger partial charge in [0, 0.05) is 11.1 Å². The SMILES string of the molecule is Nc1cc(S(=O)(=O)O)c(NC(=O)c2ccc(C(=O)Nc3cc(S(=O)(=O)O)c(N)cc3S(=O)(=O)O)cc2)cc1S(=O)(=O)O. The molecule has 42 heavy (non-hydrogen) atoms. The van der Waals surface area contributed by atoms with E-state index in [1.165, 1.54) is 0 Å². The normalized spacial score (nSPS) is 12.5. The van der Waals surface area contributed by atoms with Crippen LogP contribution in [0.2, 0.25) is 0 Å². The molecule has 3 rings (SSSR count). The molecule has 0 unspecified atom stereocenters. The van der Waals surface area contributed by atoms with Gasteiger partial charge in [-0.05, 0) is 48.5 Å². The Labute approximate surface area is 237 Å². The molecule has 10 N–H and O–H groups in total. The number of rotatable bonds is 8. The van der Waals surface area contributed by atoms with Crippen molar-refractivity contribution in [3.63, 3.8) is 0 Å². The molecule has 3 aromatic rings. The first-order valence-electron chi connectivity index (χ1n) is 10.5. The summed E-state index contributed by atoms with van der Waals surface area (Å²) < 4.78 is 130. The standard InChI is InChI=1S/C20H18N4O14S4/c21-11-5-17(41(33,34)35)13(7-15(11)39(27,28)29)23-19(25)9-1-2-10(4-3-9)20(26)24-14-8-16(40(30,31)32)12(22)6-18(14)42(36,37)38/h1-8H,21-22H2,(H,23,25)(H,24,26)(H,27,28,29)(H,30,31,32)(H,33,34,35)(H,36,37,38). The van der Waals surface area contributed by atoms with E-state index in [-0.39, 0.29) is 11.1 Å². The summed E-state index contributed by atoms with van der Waals surface area (Å²) in [6.07, 6.45) is 0.